The van der Waals surface area contributed by atoms with Gasteiger partial charge in [0, 0.05) is 22.6 Å². The molecule has 1 N–H and O–H groups in total. The summed E-state index contributed by atoms with van der Waals surface area (Å²) in [6.45, 7) is 6.93. The zero-order valence-corrected chi connectivity index (χ0v) is 19.6. The average molecular weight is 425 g/mol. The van der Waals surface area contributed by atoms with Gasteiger partial charge in [-0.15, -0.1) is 11.8 Å². The summed E-state index contributed by atoms with van der Waals surface area (Å²) in [6.07, 6.45) is 8.51. The molecule has 0 heterocycles. The molecule has 0 bridgehead atoms. The lowest BCUT2D eigenvalue weighted by molar-refractivity contribution is -0.125. The fraction of sp³-hybridized carbons (Fsp3) is 0.667. The van der Waals surface area contributed by atoms with E-state index < -0.39 is 5.60 Å². The normalized spacial score (nSPS) is 43.2. The van der Waals surface area contributed by atoms with Crippen LogP contribution in [0.4, 0.5) is 0 Å². The molecule has 0 radical (unpaired) electrons. The molecule has 0 aliphatic heterocycles. The van der Waals surface area contributed by atoms with Gasteiger partial charge in [0.2, 0.25) is 0 Å². The monoisotopic (exact) mass is 424 g/mol. The zero-order chi connectivity index (χ0) is 21.1. The highest BCUT2D eigenvalue weighted by Gasteiger charge is 2.62. The number of thioether (sulfide) groups is 1. The summed E-state index contributed by atoms with van der Waals surface area (Å²) < 4.78 is 0. The molecule has 2 nitrogen and oxygen atoms in total. The number of benzene rings is 1. The number of hydrogen-bond acceptors (Lipinski definition) is 3. The minimum Gasteiger partial charge on any atom is -0.390 e. The molecule has 162 valence electrons. The lowest BCUT2D eigenvalue weighted by Crippen LogP contribution is -2.54. The van der Waals surface area contributed by atoms with E-state index in [1.54, 1.807) is 0 Å². The van der Waals surface area contributed by atoms with Gasteiger partial charge in [-0.2, -0.15) is 0 Å². The largest absolute Gasteiger partial charge is 0.390 e. The van der Waals surface area contributed by atoms with Gasteiger partial charge in [0.1, 0.15) is 0 Å². The molecule has 3 fully saturated rings. The first-order valence-corrected chi connectivity index (χ1v) is 12.9. The third-order valence-electron chi connectivity index (χ3n) is 9.93. The number of allylic oxidation sites excluding steroid dienone is 1. The van der Waals surface area contributed by atoms with E-state index in [4.69, 9.17) is 0 Å². The second-order valence-corrected chi connectivity index (χ2v) is 12.1. The smallest absolute Gasteiger partial charge is 0.159 e. The van der Waals surface area contributed by atoms with Crippen molar-refractivity contribution in [2.24, 2.45) is 28.6 Å². The first kappa shape index (κ1) is 20.8. The van der Waals surface area contributed by atoms with Crippen molar-refractivity contribution in [3.63, 3.8) is 0 Å². The van der Waals surface area contributed by atoms with E-state index in [2.05, 4.69) is 45.0 Å². The number of rotatable bonds is 3. The molecule has 5 rings (SSSR count). The van der Waals surface area contributed by atoms with Crippen molar-refractivity contribution in [3.05, 3.63) is 41.5 Å². The molecule has 6 atom stereocenters. The van der Waals surface area contributed by atoms with Crippen molar-refractivity contribution < 1.29 is 9.90 Å². The van der Waals surface area contributed by atoms with E-state index >= 15 is 0 Å². The highest BCUT2D eigenvalue weighted by Crippen LogP contribution is 2.67. The second-order valence-electron chi connectivity index (χ2n) is 11.1. The number of hydrogen-bond donors (Lipinski definition) is 1. The topological polar surface area (TPSA) is 37.3 Å². The second kappa shape index (κ2) is 7.24. The minimum absolute atomic E-state index is 0.0716. The summed E-state index contributed by atoms with van der Waals surface area (Å²) >= 11 is 1.82. The minimum atomic E-state index is -0.514. The molecule has 0 spiro atoms. The Balaban J connectivity index is 1.44. The Bertz CT molecular complexity index is 872. The fourth-order valence-corrected chi connectivity index (χ4v) is 8.90. The van der Waals surface area contributed by atoms with Crippen LogP contribution in [-0.2, 0) is 4.79 Å². The van der Waals surface area contributed by atoms with Gasteiger partial charge in [-0.3, -0.25) is 4.79 Å². The van der Waals surface area contributed by atoms with Crippen molar-refractivity contribution in [1.82, 2.24) is 0 Å². The molecular weight excluding hydrogens is 388 g/mol. The van der Waals surface area contributed by atoms with Crippen LogP contribution in [0.1, 0.15) is 72.1 Å². The highest BCUT2D eigenvalue weighted by molar-refractivity contribution is 7.99. The standard InChI is InChI=1S/C27H36O2S/c1-25-14-13-24(28)20(17-30-18-7-5-4-6-8-18)21(25)10-9-19-22(25)11-15-26(2)23(19)12-16-27(26,3)29/h4-8,19,22-23,29H,9-17H2,1-3H3/t19-,22+,23+,25+,26+,27?/m1/s1. The Morgan fingerprint density at radius 2 is 1.70 bits per heavy atom. The van der Waals surface area contributed by atoms with E-state index in [9.17, 15) is 9.90 Å². The molecule has 0 aromatic heterocycles. The number of aliphatic hydroxyl groups is 1. The van der Waals surface area contributed by atoms with E-state index in [-0.39, 0.29) is 10.8 Å². The maximum absolute atomic E-state index is 13.0. The van der Waals surface area contributed by atoms with Crippen molar-refractivity contribution in [2.45, 2.75) is 82.6 Å². The van der Waals surface area contributed by atoms with Crippen LogP contribution in [0.15, 0.2) is 46.4 Å². The van der Waals surface area contributed by atoms with E-state index in [0.29, 0.717) is 30.0 Å². The maximum Gasteiger partial charge on any atom is 0.159 e. The van der Waals surface area contributed by atoms with Gasteiger partial charge in [0.05, 0.1) is 5.60 Å². The SMILES string of the molecule is CC1(O)CC[C@H]2[C@@H]3CCC4=C(CSc5ccccc5)C(=O)CC[C@]4(C)[C@H]3CC[C@@]21C. The Labute approximate surface area is 185 Å². The summed E-state index contributed by atoms with van der Waals surface area (Å²) in [5, 5.41) is 11.1. The first-order chi connectivity index (χ1) is 14.3. The number of Topliss-reactive ketones (excluding diaryl/α,β-unsaturated/α-hetero) is 1. The lowest BCUT2D eigenvalue weighted by Gasteiger charge is -2.59. The summed E-state index contributed by atoms with van der Waals surface area (Å²) in [5.41, 5.74) is 2.38. The average Bonchev–Trinajstić information content (AvgIpc) is 2.98. The van der Waals surface area contributed by atoms with Gasteiger partial charge in [-0.05, 0) is 92.6 Å². The molecular formula is C27H36O2S. The van der Waals surface area contributed by atoms with Crippen LogP contribution < -0.4 is 0 Å². The van der Waals surface area contributed by atoms with Crippen molar-refractivity contribution in [1.29, 1.82) is 0 Å². The van der Waals surface area contributed by atoms with Crippen LogP contribution >= 0.6 is 11.8 Å². The van der Waals surface area contributed by atoms with Crippen molar-refractivity contribution >= 4 is 17.5 Å². The molecule has 1 unspecified atom stereocenters. The highest BCUT2D eigenvalue weighted by atomic mass is 32.2. The predicted octanol–water partition coefficient (Wildman–Crippen LogP) is 6.43. The van der Waals surface area contributed by atoms with Crippen LogP contribution in [-0.4, -0.2) is 22.2 Å². The molecule has 3 saturated carbocycles. The van der Waals surface area contributed by atoms with E-state index in [1.165, 1.54) is 29.7 Å². The number of carbonyl (C=O) groups is 1. The third kappa shape index (κ3) is 2.98. The molecule has 3 heteroatoms. The lowest BCUT2D eigenvalue weighted by atomic mass is 9.46. The van der Waals surface area contributed by atoms with Crippen LogP contribution in [0, 0.1) is 28.6 Å². The van der Waals surface area contributed by atoms with E-state index in [1.807, 2.05) is 17.8 Å². The van der Waals surface area contributed by atoms with Crippen molar-refractivity contribution in [3.8, 4) is 0 Å². The molecule has 4 aliphatic rings. The molecule has 30 heavy (non-hydrogen) atoms. The van der Waals surface area contributed by atoms with Gasteiger partial charge in [-0.25, -0.2) is 0 Å². The zero-order valence-electron chi connectivity index (χ0n) is 18.7. The Kier molecular flexibility index (Phi) is 5.02. The summed E-state index contributed by atoms with van der Waals surface area (Å²) in [6, 6.07) is 10.5. The van der Waals surface area contributed by atoms with Crippen LogP contribution in [0.25, 0.3) is 0 Å². The van der Waals surface area contributed by atoms with Crippen LogP contribution in [0.2, 0.25) is 0 Å². The van der Waals surface area contributed by atoms with Gasteiger partial charge in [0.15, 0.2) is 5.78 Å². The maximum atomic E-state index is 13.0. The Morgan fingerprint density at radius 1 is 0.967 bits per heavy atom. The quantitative estimate of drug-likeness (QED) is 0.568. The van der Waals surface area contributed by atoms with Gasteiger partial charge in [-0.1, -0.05) is 37.6 Å². The molecule has 0 amide bonds. The Morgan fingerprint density at radius 3 is 2.47 bits per heavy atom. The summed E-state index contributed by atoms with van der Waals surface area (Å²) in [7, 11) is 0. The first-order valence-electron chi connectivity index (χ1n) is 11.9. The molecule has 1 aromatic carbocycles. The number of fused-ring (bicyclic) bond motifs is 5. The van der Waals surface area contributed by atoms with Gasteiger partial charge >= 0.3 is 0 Å². The fourth-order valence-electron chi connectivity index (χ4n) is 7.91. The van der Waals surface area contributed by atoms with Gasteiger partial charge in [0.25, 0.3) is 0 Å². The summed E-state index contributed by atoms with van der Waals surface area (Å²) in [5.74, 6) is 3.25. The molecule has 4 aliphatic carbocycles. The molecule has 0 saturated heterocycles. The number of carbonyl (C=O) groups excluding carboxylic acids is 1. The molecule has 1 aromatic rings. The third-order valence-corrected chi connectivity index (χ3v) is 11.0. The van der Waals surface area contributed by atoms with E-state index in [0.717, 1.165) is 37.0 Å². The van der Waals surface area contributed by atoms with Crippen molar-refractivity contribution in [2.75, 3.05) is 5.75 Å². The van der Waals surface area contributed by atoms with Gasteiger partial charge < -0.3 is 5.11 Å². The van der Waals surface area contributed by atoms with Crippen LogP contribution in [0.5, 0.6) is 0 Å². The predicted molar refractivity (Wildman–Crippen MR) is 123 cm³/mol. The summed E-state index contributed by atoms with van der Waals surface area (Å²) in [4.78, 5) is 14.2. The van der Waals surface area contributed by atoms with Crippen LogP contribution in [0.3, 0.4) is 0 Å². The number of ketones is 1. The Hall–Kier alpha value is -1.06.